The maximum absolute atomic E-state index is 12.1. The van der Waals surface area contributed by atoms with E-state index in [1.807, 2.05) is 0 Å². The second kappa shape index (κ2) is 8.50. The SMILES string of the molecule is CCC(CC)(CCl)CNC(=O)C(C)Oc1cccc(Cl)c1. The molecule has 1 aromatic rings. The fraction of sp³-hybridized carbons (Fsp3) is 0.562. The van der Waals surface area contributed by atoms with E-state index in [4.69, 9.17) is 27.9 Å². The molecule has 118 valence electrons. The fourth-order valence-corrected chi connectivity index (χ4v) is 2.61. The Morgan fingerprint density at radius 3 is 2.57 bits per heavy atom. The normalized spacial score (nSPS) is 12.8. The van der Waals surface area contributed by atoms with Gasteiger partial charge >= 0.3 is 0 Å². The Kier molecular flexibility index (Phi) is 7.33. The molecule has 0 saturated carbocycles. The molecule has 1 unspecified atom stereocenters. The molecule has 0 fully saturated rings. The van der Waals surface area contributed by atoms with Crippen LogP contribution in [0.5, 0.6) is 5.75 Å². The van der Waals surface area contributed by atoms with Gasteiger partial charge in [0, 0.05) is 22.9 Å². The van der Waals surface area contributed by atoms with Gasteiger partial charge in [-0.3, -0.25) is 4.79 Å². The molecule has 1 amide bonds. The van der Waals surface area contributed by atoms with Gasteiger partial charge in [0.1, 0.15) is 5.75 Å². The van der Waals surface area contributed by atoms with Crippen molar-refractivity contribution in [3.05, 3.63) is 29.3 Å². The molecule has 1 rings (SSSR count). The molecule has 21 heavy (non-hydrogen) atoms. The van der Waals surface area contributed by atoms with E-state index in [1.54, 1.807) is 31.2 Å². The zero-order chi connectivity index (χ0) is 15.9. The maximum atomic E-state index is 12.1. The first-order valence-corrected chi connectivity index (χ1v) is 8.13. The summed E-state index contributed by atoms with van der Waals surface area (Å²) in [6.07, 6.45) is 1.28. The first-order chi connectivity index (χ1) is 9.96. The number of nitrogens with one attached hydrogen (secondary N) is 1. The summed E-state index contributed by atoms with van der Waals surface area (Å²) >= 11 is 11.9. The molecule has 1 aromatic carbocycles. The maximum Gasteiger partial charge on any atom is 0.260 e. The van der Waals surface area contributed by atoms with Gasteiger partial charge in [-0.1, -0.05) is 31.5 Å². The number of amides is 1. The van der Waals surface area contributed by atoms with Crippen LogP contribution < -0.4 is 10.1 Å². The lowest BCUT2D eigenvalue weighted by Gasteiger charge is -2.30. The number of ether oxygens (including phenoxy) is 1. The van der Waals surface area contributed by atoms with Gasteiger partial charge in [0.15, 0.2) is 6.10 Å². The topological polar surface area (TPSA) is 38.3 Å². The highest BCUT2D eigenvalue weighted by Gasteiger charge is 2.27. The van der Waals surface area contributed by atoms with Crippen molar-refractivity contribution in [1.82, 2.24) is 5.32 Å². The van der Waals surface area contributed by atoms with Crippen LogP contribution in [0.25, 0.3) is 0 Å². The molecular weight excluding hydrogens is 309 g/mol. The van der Waals surface area contributed by atoms with E-state index >= 15 is 0 Å². The van der Waals surface area contributed by atoms with Gasteiger partial charge < -0.3 is 10.1 Å². The van der Waals surface area contributed by atoms with Gasteiger partial charge in [0.25, 0.3) is 5.91 Å². The lowest BCUT2D eigenvalue weighted by molar-refractivity contribution is -0.127. The van der Waals surface area contributed by atoms with Crippen molar-refractivity contribution in [1.29, 1.82) is 0 Å². The zero-order valence-electron chi connectivity index (χ0n) is 12.8. The summed E-state index contributed by atoms with van der Waals surface area (Å²) < 4.78 is 5.59. The van der Waals surface area contributed by atoms with Crippen LogP contribution in [-0.4, -0.2) is 24.4 Å². The summed E-state index contributed by atoms with van der Waals surface area (Å²) in [6.45, 7) is 6.45. The number of benzene rings is 1. The van der Waals surface area contributed by atoms with Crippen LogP contribution >= 0.6 is 23.2 Å². The number of hydrogen-bond donors (Lipinski definition) is 1. The minimum atomic E-state index is -0.579. The summed E-state index contributed by atoms with van der Waals surface area (Å²) in [6, 6.07) is 7.01. The molecule has 1 N–H and O–H groups in total. The van der Waals surface area contributed by atoms with Gasteiger partial charge in [-0.25, -0.2) is 0 Å². The van der Waals surface area contributed by atoms with Gasteiger partial charge in [-0.2, -0.15) is 0 Å². The van der Waals surface area contributed by atoms with Gasteiger partial charge in [-0.05, 0) is 38.0 Å². The molecule has 0 saturated heterocycles. The standard InChI is InChI=1S/C16H23Cl2NO2/c1-4-16(5-2,10-17)11-19-15(20)12(3)21-14-8-6-7-13(18)9-14/h6-9,12H,4-5,10-11H2,1-3H3,(H,19,20). The fourth-order valence-electron chi connectivity index (χ4n) is 1.95. The van der Waals surface area contributed by atoms with Crippen molar-refractivity contribution in [2.75, 3.05) is 12.4 Å². The highest BCUT2D eigenvalue weighted by Crippen LogP contribution is 2.27. The Morgan fingerprint density at radius 2 is 2.05 bits per heavy atom. The lowest BCUT2D eigenvalue weighted by Crippen LogP contribution is -2.43. The van der Waals surface area contributed by atoms with E-state index in [-0.39, 0.29) is 11.3 Å². The van der Waals surface area contributed by atoms with Gasteiger partial charge in [0.05, 0.1) is 0 Å². The number of alkyl halides is 1. The van der Waals surface area contributed by atoms with Gasteiger partial charge in [0.2, 0.25) is 0 Å². The third-order valence-electron chi connectivity index (χ3n) is 3.90. The Morgan fingerprint density at radius 1 is 1.38 bits per heavy atom. The molecule has 0 spiro atoms. The summed E-state index contributed by atoms with van der Waals surface area (Å²) in [4.78, 5) is 12.1. The second-order valence-corrected chi connectivity index (χ2v) is 5.98. The van der Waals surface area contributed by atoms with Crippen molar-refractivity contribution >= 4 is 29.1 Å². The first kappa shape index (κ1) is 18.1. The molecule has 0 aliphatic heterocycles. The van der Waals surface area contributed by atoms with Crippen LogP contribution in [0, 0.1) is 5.41 Å². The zero-order valence-corrected chi connectivity index (χ0v) is 14.3. The van der Waals surface area contributed by atoms with Gasteiger partial charge in [-0.15, -0.1) is 11.6 Å². The van der Waals surface area contributed by atoms with Crippen molar-refractivity contribution in [3.63, 3.8) is 0 Å². The number of hydrogen-bond acceptors (Lipinski definition) is 2. The number of carbonyl (C=O) groups is 1. The molecule has 3 nitrogen and oxygen atoms in total. The average Bonchev–Trinajstić information content (AvgIpc) is 2.49. The summed E-state index contributed by atoms with van der Waals surface area (Å²) in [5.41, 5.74) is -0.0486. The van der Waals surface area contributed by atoms with E-state index in [9.17, 15) is 4.79 Å². The summed E-state index contributed by atoms with van der Waals surface area (Å²) in [7, 11) is 0. The molecule has 1 atom stereocenters. The third-order valence-corrected chi connectivity index (χ3v) is 4.70. The molecule has 0 heterocycles. The second-order valence-electron chi connectivity index (χ2n) is 5.28. The van der Waals surface area contributed by atoms with Crippen LogP contribution in [0.15, 0.2) is 24.3 Å². The van der Waals surface area contributed by atoms with Crippen LogP contribution in [0.1, 0.15) is 33.6 Å². The highest BCUT2D eigenvalue weighted by atomic mass is 35.5. The van der Waals surface area contributed by atoms with E-state index in [2.05, 4.69) is 19.2 Å². The molecular formula is C16H23Cl2NO2. The predicted octanol–water partition coefficient (Wildman–Crippen LogP) is 4.27. The third kappa shape index (κ3) is 5.40. The average molecular weight is 332 g/mol. The molecule has 0 bridgehead atoms. The molecule has 0 aromatic heterocycles. The minimum absolute atomic E-state index is 0.0486. The van der Waals surface area contributed by atoms with Crippen LogP contribution in [0.4, 0.5) is 0 Å². The molecule has 0 aliphatic carbocycles. The van der Waals surface area contributed by atoms with Crippen LogP contribution in [-0.2, 0) is 4.79 Å². The first-order valence-electron chi connectivity index (χ1n) is 7.22. The van der Waals surface area contributed by atoms with Crippen molar-refractivity contribution in [3.8, 4) is 5.75 Å². The Bertz CT molecular complexity index is 453. The smallest absolute Gasteiger partial charge is 0.260 e. The van der Waals surface area contributed by atoms with Crippen molar-refractivity contribution in [2.45, 2.75) is 39.7 Å². The quantitative estimate of drug-likeness (QED) is 0.722. The van der Waals surface area contributed by atoms with E-state index in [0.29, 0.717) is 23.2 Å². The van der Waals surface area contributed by atoms with Crippen LogP contribution in [0.3, 0.4) is 0 Å². The lowest BCUT2D eigenvalue weighted by atomic mass is 9.84. The van der Waals surface area contributed by atoms with Crippen molar-refractivity contribution < 1.29 is 9.53 Å². The summed E-state index contributed by atoms with van der Waals surface area (Å²) in [5.74, 6) is 0.968. The number of halogens is 2. The Balaban J connectivity index is 2.55. The summed E-state index contributed by atoms with van der Waals surface area (Å²) in [5, 5.41) is 3.51. The number of carbonyl (C=O) groups excluding carboxylic acids is 1. The van der Waals surface area contributed by atoms with Crippen molar-refractivity contribution in [2.24, 2.45) is 5.41 Å². The molecule has 5 heteroatoms. The Labute approximate surface area is 137 Å². The monoisotopic (exact) mass is 331 g/mol. The van der Waals surface area contributed by atoms with E-state index in [1.165, 1.54) is 0 Å². The predicted molar refractivity (Wildman–Crippen MR) is 88.3 cm³/mol. The molecule has 0 radical (unpaired) electrons. The van der Waals surface area contributed by atoms with E-state index < -0.39 is 6.10 Å². The molecule has 0 aliphatic rings. The Hall–Kier alpha value is -0.930. The minimum Gasteiger partial charge on any atom is -0.481 e. The van der Waals surface area contributed by atoms with E-state index in [0.717, 1.165) is 12.8 Å². The largest absolute Gasteiger partial charge is 0.481 e. The number of rotatable bonds is 8. The highest BCUT2D eigenvalue weighted by molar-refractivity contribution is 6.30. The van der Waals surface area contributed by atoms with Crippen LogP contribution in [0.2, 0.25) is 5.02 Å².